The van der Waals surface area contributed by atoms with Gasteiger partial charge in [-0.2, -0.15) is 0 Å². The highest BCUT2D eigenvalue weighted by Gasteiger charge is 2.20. The van der Waals surface area contributed by atoms with Crippen LogP contribution >= 0.6 is 0 Å². The molecule has 1 fully saturated rings. The number of aryl methyl sites for hydroxylation is 1. The summed E-state index contributed by atoms with van der Waals surface area (Å²) in [5.41, 5.74) is 2.89. The third kappa shape index (κ3) is 2.77. The van der Waals surface area contributed by atoms with Gasteiger partial charge in [-0.25, -0.2) is 9.97 Å². The number of amides is 1. The molecule has 1 aliphatic rings. The molecule has 0 spiro atoms. The van der Waals surface area contributed by atoms with Crippen molar-refractivity contribution in [3.63, 3.8) is 0 Å². The lowest BCUT2D eigenvalue weighted by Crippen LogP contribution is -2.22. The van der Waals surface area contributed by atoms with E-state index in [1.807, 2.05) is 13.3 Å². The molecule has 7 heteroatoms. The normalized spacial score (nSPS) is 15.2. The molecule has 3 heterocycles. The predicted octanol–water partition coefficient (Wildman–Crippen LogP) is 2.77. The van der Waals surface area contributed by atoms with Crippen LogP contribution in [0.4, 0.5) is 0 Å². The van der Waals surface area contributed by atoms with Crippen molar-refractivity contribution in [1.29, 1.82) is 0 Å². The average molecular weight is 325 g/mol. The van der Waals surface area contributed by atoms with Crippen molar-refractivity contribution in [3.05, 3.63) is 41.7 Å². The van der Waals surface area contributed by atoms with Crippen LogP contribution in [-0.2, 0) is 6.54 Å². The Morgan fingerprint density at radius 1 is 1.33 bits per heavy atom. The molecule has 4 rings (SSSR count). The summed E-state index contributed by atoms with van der Waals surface area (Å²) in [6.45, 7) is 2.14. The number of carbonyl (C=O) groups is 1. The highest BCUT2D eigenvalue weighted by molar-refractivity contribution is 5.96. The van der Waals surface area contributed by atoms with Gasteiger partial charge in [0, 0.05) is 18.3 Å². The number of aromatic nitrogens is 4. The van der Waals surface area contributed by atoms with E-state index in [0.717, 1.165) is 16.9 Å². The Morgan fingerprint density at radius 2 is 2.17 bits per heavy atom. The van der Waals surface area contributed by atoms with Crippen LogP contribution in [0.1, 0.15) is 53.5 Å². The molecule has 0 bridgehead atoms. The summed E-state index contributed by atoms with van der Waals surface area (Å²) in [4.78, 5) is 21.2. The number of imidazole rings is 1. The molecule has 0 radical (unpaired) electrons. The number of hydrogen-bond acceptors (Lipinski definition) is 5. The summed E-state index contributed by atoms with van der Waals surface area (Å²) >= 11 is 0. The van der Waals surface area contributed by atoms with Gasteiger partial charge < -0.3 is 14.4 Å². The van der Waals surface area contributed by atoms with Crippen LogP contribution in [0.5, 0.6) is 0 Å². The van der Waals surface area contributed by atoms with E-state index >= 15 is 0 Å². The fraction of sp³-hybridized carbons (Fsp3) is 0.412. The quantitative estimate of drug-likeness (QED) is 0.797. The van der Waals surface area contributed by atoms with E-state index < -0.39 is 0 Å². The molecule has 24 heavy (non-hydrogen) atoms. The standard InChI is InChI=1S/C17H19N5O2/c1-11-6-14(24-21-11)9-19-17(23)12-7-15-16(18-8-12)22(10-20-15)13-4-2-3-5-13/h6-8,10,13H,2-5,9H2,1H3,(H,19,23). The summed E-state index contributed by atoms with van der Waals surface area (Å²) in [5.74, 6) is 0.425. The third-order valence-corrected chi connectivity index (χ3v) is 4.49. The Labute approximate surface area is 139 Å². The topological polar surface area (TPSA) is 85.8 Å². The highest BCUT2D eigenvalue weighted by atomic mass is 16.5. The van der Waals surface area contributed by atoms with Gasteiger partial charge in [-0.1, -0.05) is 18.0 Å². The number of rotatable bonds is 4. The maximum absolute atomic E-state index is 12.3. The van der Waals surface area contributed by atoms with Crippen molar-refractivity contribution in [3.8, 4) is 0 Å². The number of hydrogen-bond donors (Lipinski definition) is 1. The van der Waals surface area contributed by atoms with Crippen LogP contribution in [0.15, 0.2) is 29.2 Å². The first-order chi connectivity index (χ1) is 11.7. The molecule has 124 valence electrons. The fourth-order valence-electron chi connectivity index (χ4n) is 3.26. The summed E-state index contributed by atoms with van der Waals surface area (Å²) in [5, 5.41) is 6.61. The van der Waals surface area contributed by atoms with Gasteiger partial charge in [0.1, 0.15) is 5.52 Å². The van der Waals surface area contributed by atoms with Crippen molar-refractivity contribution in [2.24, 2.45) is 0 Å². The monoisotopic (exact) mass is 325 g/mol. The van der Waals surface area contributed by atoms with E-state index in [4.69, 9.17) is 4.52 Å². The van der Waals surface area contributed by atoms with Crippen LogP contribution in [0.25, 0.3) is 11.2 Å². The van der Waals surface area contributed by atoms with E-state index in [-0.39, 0.29) is 5.91 Å². The fourth-order valence-corrected chi connectivity index (χ4v) is 3.26. The second-order valence-corrected chi connectivity index (χ2v) is 6.27. The van der Waals surface area contributed by atoms with Crippen LogP contribution in [0.2, 0.25) is 0 Å². The van der Waals surface area contributed by atoms with E-state index in [0.29, 0.717) is 23.9 Å². The van der Waals surface area contributed by atoms with Crippen molar-refractivity contribution >= 4 is 17.1 Å². The Kier molecular flexibility index (Phi) is 3.76. The van der Waals surface area contributed by atoms with Gasteiger partial charge in [-0.05, 0) is 25.8 Å². The maximum atomic E-state index is 12.3. The first kappa shape index (κ1) is 14.9. The minimum atomic E-state index is -0.200. The highest BCUT2D eigenvalue weighted by Crippen LogP contribution is 2.31. The minimum Gasteiger partial charge on any atom is -0.359 e. The van der Waals surface area contributed by atoms with E-state index in [1.165, 1.54) is 25.7 Å². The van der Waals surface area contributed by atoms with Crippen LogP contribution < -0.4 is 5.32 Å². The molecule has 3 aromatic heterocycles. The first-order valence-corrected chi connectivity index (χ1v) is 8.24. The molecule has 3 aromatic rings. The van der Waals surface area contributed by atoms with Crippen LogP contribution in [0, 0.1) is 6.92 Å². The Bertz CT molecular complexity index is 876. The lowest BCUT2D eigenvalue weighted by atomic mass is 10.2. The summed E-state index contributed by atoms with van der Waals surface area (Å²) < 4.78 is 7.23. The van der Waals surface area contributed by atoms with Crippen molar-refractivity contribution in [2.75, 3.05) is 0 Å². The Hall–Kier alpha value is -2.70. The largest absolute Gasteiger partial charge is 0.359 e. The molecule has 1 saturated carbocycles. The predicted molar refractivity (Wildman–Crippen MR) is 87.4 cm³/mol. The van der Waals surface area contributed by atoms with Gasteiger partial charge in [0.05, 0.1) is 24.1 Å². The molecular formula is C17H19N5O2. The molecule has 0 saturated heterocycles. The molecule has 7 nitrogen and oxygen atoms in total. The first-order valence-electron chi connectivity index (χ1n) is 8.24. The molecule has 1 amide bonds. The molecule has 1 aliphatic carbocycles. The second kappa shape index (κ2) is 6.07. The molecule has 1 N–H and O–H groups in total. The van der Waals surface area contributed by atoms with Gasteiger partial charge in [-0.15, -0.1) is 0 Å². The van der Waals surface area contributed by atoms with Gasteiger partial charge in [0.25, 0.3) is 5.91 Å². The zero-order valence-corrected chi connectivity index (χ0v) is 13.5. The number of fused-ring (bicyclic) bond motifs is 1. The molecule has 0 atom stereocenters. The summed E-state index contributed by atoms with van der Waals surface area (Å²) in [6, 6.07) is 4.07. The minimum absolute atomic E-state index is 0.200. The van der Waals surface area contributed by atoms with Crippen molar-refractivity contribution in [2.45, 2.75) is 45.2 Å². The molecule has 0 aliphatic heterocycles. The number of carbonyl (C=O) groups excluding carboxylic acids is 1. The van der Waals surface area contributed by atoms with E-state index in [2.05, 4.69) is 25.0 Å². The number of nitrogens with zero attached hydrogens (tertiary/aromatic N) is 4. The number of nitrogens with one attached hydrogen (secondary N) is 1. The van der Waals surface area contributed by atoms with Gasteiger partial charge >= 0.3 is 0 Å². The molecule has 0 unspecified atom stereocenters. The van der Waals surface area contributed by atoms with Crippen LogP contribution in [0.3, 0.4) is 0 Å². The molecule has 0 aromatic carbocycles. The Balaban J connectivity index is 1.51. The van der Waals surface area contributed by atoms with Crippen molar-refractivity contribution < 1.29 is 9.32 Å². The summed E-state index contributed by atoms with van der Waals surface area (Å²) in [7, 11) is 0. The zero-order chi connectivity index (χ0) is 16.5. The number of pyridine rings is 1. The average Bonchev–Trinajstić information content (AvgIpc) is 3.32. The SMILES string of the molecule is Cc1cc(CNC(=O)c2cnc3c(c2)ncn3C2CCCC2)on1. The lowest BCUT2D eigenvalue weighted by Gasteiger charge is -2.11. The van der Waals surface area contributed by atoms with Gasteiger partial charge in [-0.3, -0.25) is 4.79 Å². The Morgan fingerprint density at radius 3 is 2.92 bits per heavy atom. The van der Waals surface area contributed by atoms with E-state index in [1.54, 1.807) is 18.3 Å². The summed E-state index contributed by atoms with van der Waals surface area (Å²) in [6.07, 6.45) is 8.30. The third-order valence-electron chi connectivity index (χ3n) is 4.49. The smallest absolute Gasteiger partial charge is 0.253 e. The van der Waals surface area contributed by atoms with E-state index in [9.17, 15) is 4.79 Å². The van der Waals surface area contributed by atoms with Crippen LogP contribution in [-0.4, -0.2) is 25.6 Å². The lowest BCUT2D eigenvalue weighted by molar-refractivity contribution is 0.0947. The zero-order valence-electron chi connectivity index (χ0n) is 13.5. The van der Waals surface area contributed by atoms with Gasteiger partial charge in [0.2, 0.25) is 0 Å². The van der Waals surface area contributed by atoms with Crippen molar-refractivity contribution in [1.82, 2.24) is 25.0 Å². The molecular weight excluding hydrogens is 306 g/mol. The maximum Gasteiger partial charge on any atom is 0.253 e. The van der Waals surface area contributed by atoms with Gasteiger partial charge in [0.15, 0.2) is 11.4 Å². The second-order valence-electron chi connectivity index (χ2n) is 6.27.